The maximum absolute atomic E-state index is 12.1. The molecule has 0 aromatic carbocycles. The smallest absolute Gasteiger partial charge is 0.272 e. The van der Waals surface area contributed by atoms with Gasteiger partial charge >= 0.3 is 0 Å². The lowest BCUT2D eigenvalue weighted by molar-refractivity contribution is -0.130. The molecule has 20 heavy (non-hydrogen) atoms. The van der Waals surface area contributed by atoms with E-state index < -0.39 is 11.9 Å². The Bertz CT molecular complexity index is 517. The molecule has 1 heterocycles. The summed E-state index contributed by atoms with van der Waals surface area (Å²) in [5, 5.41) is 2.74. The molecule has 2 amide bonds. The van der Waals surface area contributed by atoms with Gasteiger partial charge in [0.05, 0.1) is 11.2 Å². The van der Waals surface area contributed by atoms with Gasteiger partial charge in [-0.1, -0.05) is 25.4 Å². The highest BCUT2D eigenvalue weighted by Gasteiger charge is 2.21. The number of hydrogen-bond donors (Lipinski definition) is 1. The first kappa shape index (κ1) is 16.4. The van der Waals surface area contributed by atoms with Gasteiger partial charge in [0.1, 0.15) is 17.6 Å². The third-order valence-electron chi connectivity index (χ3n) is 2.65. The molecule has 1 unspecified atom stereocenters. The number of likely N-dealkylation sites (N-methyl/N-ethyl adjacent to an activating group) is 1. The zero-order chi connectivity index (χ0) is 15.4. The van der Waals surface area contributed by atoms with E-state index in [4.69, 9.17) is 11.6 Å². The van der Waals surface area contributed by atoms with E-state index >= 15 is 0 Å². The average molecular weight is 299 g/mol. The first-order valence-electron chi connectivity index (χ1n) is 6.28. The quantitative estimate of drug-likeness (QED) is 0.913. The molecule has 6 nitrogen and oxygen atoms in total. The maximum atomic E-state index is 12.1. The minimum absolute atomic E-state index is 0.0830. The fourth-order valence-electron chi connectivity index (χ4n) is 1.53. The Morgan fingerprint density at radius 2 is 1.90 bits per heavy atom. The number of halogens is 1. The van der Waals surface area contributed by atoms with Crippen molar-refractivity contribution in [1.29, 1.82) is 0 Å². The van der Waals surface area contributed by atoms with Crippen LogP contribution in [0.2, 0.25) is 5.02 Å². The molecule has 1 N–H and O–H groups in total. The number of nitrogens with one attached hydrogen (secondary N) is 1. The van der Waals surface area contributed by atoms with Gasteiger partial charge in [-0.05, 0) is 6.92 Å². The number of nitrogens with zero attached hydrogens (tertiary/aromatic N) is 3. The molecule has 0 bridgehead atoms. The fraction of sp³-hybridized carbons (Fsp3) is 0.538. The molecule has 1 atom stereocenters. The number of hydrogen-bond acceptors (Lipinski definition) is 4. The van der Waals surface area contributed by atoms with Crippen molar-refractivity contribution in [2.24, 2.45) is 0 Å². The molecule has 110 valence electrons. The topological polar surface area (TPSA) is 75.2 Å². The number of aromatic nitrogens is 2. The summed E-state index contributed by atoms with van der Waals surface area (Å²) in [5.74, 6) is -0.0691. The monoisotopic (exact) mass is 298 g/mol. The predicted molar refractivity (Wildman–Crippen MR) is 76.8 cm³/mol. The largest absolute Gasteiger partial charge is 0.347 e. The van der Waals surface area contributed by atoms with E-state index in [1.54, 1.807) is 21.0 Å². The Kier molecular flexibility index (Phi) is 5.44. The summed E-state index contributed by atoms with van der Waals surface area (Å²) in [5.41, 5.74) is 0.0868. The van der Waals surface area contributed by atoms with Crippen LogP contribution < -0.4 is 5.32 Å². The summed E-state index contributed by atoms with van der Waals surface area (Å²) < 4.78 is 0. The Morgan fingerprint density at radius 1 is 1.30 bits per heavy atom. The van der Waals surface area contributed by atoms with E-state index in [0.29, 0.717) is 5.82 Å². The zero-order valence-electron chi connectivity index (χ0n) is 12.3. The Balaban J connectivity index is 2.92. The number of amides is 2. The van der Waals surface area contributed by atoms with Crippen LogP contribution in [0.3, 0.4) is 0 Å². The van der Waals surface area contributed by atoms with E-state index in [9.17, 15) is 9.59 Å². The SMILES string of the molecule is CC(NC(=O)c1nc(C(C)C)ncc1Cl)C(=O)N(C)C. The van der Waals surface area contributed by atoms with Crippen molar-refractivity contribution in [2.45, 2.75) is 32.7 Å². The molecule has 0 saturated carbocycles. The van der Waals surface area contributed by atoms with Crippen LogP contribution in [-0.4, -0.2) is 46.8 Å². The standard InChI is InChI=1S/C13H19ClN4O2/c1-7(2)11-15-6-9(14)10(17-11)12(19)16-8(3)13(20)18(4)5/h6-8H,1-5H3,(H,16,19). The molecule has 0 saturated heterocycles. The van der Waals surface area contributed by atoms with Crippen molar-refractivity contribution in [3.8, 4) is 0 Å². The first-order valence-corrected chi connectivity index (χ1v) is 6.66. The lowest BCUT2D eigenvalue weighted by Crippen LogP contribution is -2.44. The minimum atomic E-state index is -0.647. The van der Waals surface area contributed by atoms with E-state index in [1.807, 2.05) is 13.8 Å². The van der Waals surface area contributed by atoms with Crippen LogP contribution in [0, 0.1) is 0 Å². The van der Waals surface area contributed by atoms with Crippen LogP contribution in [0.15, 0.2) is 6.20 Å². The predicted octanol–water partition coefficient (Wildman–Crippen LogP) is 1.46. The van der Waals surface area contributed by atoms with Gasteiger partial charge < -0.3 is 10.2 Å². The van der Waals surface area contributed by atoms with Gasteiger partial charge in [0.2, 0.25) is 5.91 Å². The van der Waals surface area contributed by atoms with Crippen LogP contribution in [0.1, 0.15) is 43.0 Å². The summed E-state index contributed by atoms with van der Waals surface area (Å²) in [6.07, 6.45) is 1.40. The molecule has 0 aliphatic rings. The molecule has 7 heteroatoms. The second kappa shape index (κ2) is 6.65. The maximum Gasteiger partial charge on any atom is 0.272 e. The van der Waals surface area contributed by atoms with E-state index in [1.165, 1.54) is 11.1 Å². The zero-order valence-corrected chi connectivity index (χ0v) is 13.0. The molecule has 1 rings (SSSR count). The highest BCUT2D eigenvalue weighted by atomic mass is 35.5. The molecule has 1 aromatic rings. The summed E-state index contributed by atoms with van der Waals surface area (Å²) in [6, 6.07) is -0.647. The summed E-state index contributed by atoms with van der Waals surface area (Å²) in [4.78, 5) is 33.5. The Labute approximate surface area is 123 Å². The Hall–Kier alpha value is -1.69. The van der Waals surface area contributed by atoms with Crippen molar-refractivity contribution < 1.29 is 9.59 Å². The van der Waals surface area contributed by atoms with Gasteiger partial charge in [-0.3, -0.25) is 9.59 Å². The molecule has 1 aromatic heterocycles. The highest BCUT2D eigenvalue weighted by Crippen LogP contribution is 2.16. The lowest BCUT2D eigenvalue weighted by Gasteiger charge is -2.18. The molecule has 0 fully saturated rings. The third-order valence-corrected chi connectivity index (χ3v) is 2.93. The normalized spacial score (nSPS) is 12.2. The molecule has 0 aliphatic carbocycles. The summed E-state index contributed by atoms with van der Waals surface area (Å²) in [6.45, 7) is 5.45. The van der Waals surface area contributed by atoms with Crippen LogP contribution in [0.5, 0.6) is 0 Å². The highest BCUT2D eigenvalue weighted by molar-refractivity contribution is 6.33. The molecule has 0 radical (unpaired) electrons. The first-order chi connectivity index (χ1) is 9.23. The third kappa shape index (κ3) is 3.90. The molecular formula is C13H19ClN4O2. The molecule has 0 aliphatic heterocycles. The van der Waals surface area contributed by atoms with Crippen molar-refractivity contribution >= 4 is 23.4 Å². The lowest BCUT2D eigenvalue weighted by atomic mass is 10.2. The summed E-state index contributed by atoms with van der Waals surface area (Å²) >= 11 is 5.94. The van der Waals surface area contributed by atoms with Crippen molar-refractivity contribution in [3.63, 3.8) is 0 Å². The van der Waals surface area contributed by atoms with E-state index in [2.05, 4.69) is 15.3 Å². The average Bonchev–Trinajstić information content (AvgIpc) is 2.37. The molecular weight excluding hydrogens is 280 g/mol. The van der Waals surface area contributed by atoms with Crippen molar-refractivity contribution in [3.05, 3.63) is 22.7 Å². The van der Waals surface area contributed by atoms with Crippen molar-refractivity contribution in [2.75, 3.05) is 14.1 Å². The number of carbonyl (C=O) groups is 2. The summed E-state index contributed by atoms with van der Waals surface area (Å²) in [7, 11) is 3.25. The minimum Gasteiger partial charge on any atom is -0.347 e. The van der Waals surface area contributed by atoms with E-state index in [0.717, 1.165) is 0 Å². The number of rotatable bonds is 4. The van der Waals surface area contributed by atoms with Gasteiger partial charge in [0, 0.05) is 20.0 Å². The van der Waals surface area contributed by atoms with Crippen LogP contribution in [-0.2, 0) is 4.79 Å². The van der Waals surface area contributed by atoms with Gasteiger partial charge in [-0.15, -0.1) is 0 Å². The van der Waals surface area contributed by atoms with Crippen LogP contribution in [0.25, 0.3) is 0 Å². The second-order valence-corrected chi connectivity index (χ2v) is 5.41. The Morgan fingerprint density at radius 3 is 2.40 bits per heavy atom. The van der Waals surface area contributed by atoms with E-state index in [-0.39, 0.29) is 22.5 Å². The number of carbonyl (C=O) groups excluding carboxylic acids is 2. The fourth-order valence-corrected chi connectivity index (χ4v) is 1.71. The van der Waals surface area contributed by atoms with Gasteiger partial charge in [0.25, 0.3) is 5.91 Å². The van der Waals surface area contributed by atoms with Crippen molar-refractivity contribution in [1.82, 2.24) is 20.2 Å². The van der Waals surface area contributed by atoms with Crippen LogP contribution in [0.4, 0.5) is 0 Å². The molecule has 0 spiro atoms. The van der Waals surface area contributed by atoms with Gasteiger partial charge in [0.15, 0.2) is 0 Å². The van der Waals surface area contributed by atoms with Crippen LogP contribution >= 0.6 is 11.6 Å². The van der Waals surface area contributed by atoms with Gasteiger partial charge in [-0.2, -0.15) is 0 Å². The van der Waals surface area contributed by atoms with Gasteiger partial charge in [-0.25, -0.2) is 9.97 Å². The second-order valence-electron chi connectivity index (χ2n) is 5.01.